The van der Waals surface area contributed by atoms with Crippen molar-refractivity contribution >= 4 is 37.6 Å². The molecule has 1 aliphatic rings. The van der Waals surface area contributed by atoms with Crippen LogP contribution < -0.4 is 8.92 Å². The quantitative estimate of drug-likeness (QED) is 0.0790. The molecule has 0 radical (unpaired) electrons. The van der Waals surface area contributed by atoms with Gasteiger partial charge in [0.1, 0.15) is 51.5 Å². The lowest BCUT2D eigenvalue weighted by molar-refractivity contribution is -0.0500. The monoisotopic (exact) mass is 736 g/mol. The third kappa shape index (κ3) is 7.00. The maximum absolute atomic E-state index is 15.9. The molecule has 0 fully saturated rings. The van der Waals surface area contributed by atoms with E-state index in [-0.39, 0.29) is 25.5 Å². The number of fused-ring (bicyclic) bond motifs is 2. The molecule has 0 saturated heterocycles. The molecule has 0 bridgehead atoms. The van der Waals surface area contributed by atoms with Crippen LogP contribution in [-0.4, -0.2) is 72.2 Å². The molecule has 5 rings (SSSR count). The first kappa shape index (κ1) is 36.2. The van der Waals surface area contributed by atoms with E-state index in [1.165, 1.54) is 22.8 Å². The molecular formula is C30H30F6N4O7S2. The number of aromatic nitrogens is 3. The minimum absolute atomic E-state index is 0.0231. The SMILES string of the molecule is COCCOc1cc(F)cc(F)c1-c1c(-c2cc3n(n2)[C@@H](C)CN(C(=O)OC(C)(C)C)[C@@H]3C)nc(OS(=O)(=O)C(F)(F)F)c2scc(F)c12. The Morgan fingerprint density at radius 2 is 1.73 bits per heavy atom. The number of alkyl halides is 3. The Morgan fingerprint density at radius 1 is 1.04 bits per heavy atom. The molecule has 0 saturated carbocycles. The van der Waals surface area contributed by atoms with Gasteiger partial charge in [-0.15, -0.1) is 11.3 Å². The van der Waals surface area contributed by atoms with Crippen LogP contribution in [0.25, 0.3) is 32.6 Å². The van der Waals surface area contributed by atoms with Crippen molar-refractivity contribution in [1.29, 1.82) is 0 Å². The Balaban J connectivity index is 1.81. The summed E-state index contributed by atoms with van der Waals surface area (Å²) in [6.45, 7) is 8.33. The second kappa shape index (κ2) is 13.0. The molecule has 0 unspecified atom stereocenters. The van der Waals surface area contributed by atoms with Crippen LogP contribution in [0.3, 0.4) is 0 Å². The number of methoxy groups -OCH3 is 1. The highest BCUT2D eigenvalue weighted by atomic mass is 32.2. The lowest BCUT2D eigenvalue weighted by Crippen LogP contribution is -2.45. The number of pyridine rings is 1. The minimum atomic E-state index is -6.32. The Hall–Kier alpha value is -4.10. The van der Waals surface area contributed by atoms with E-state index >= 15 is 8.78 Å². The van der Waals surface area contributed by atoms with E-state index in [9.17, 15) is 30.8 Å². The van der Waals surface area contributed by atoms with E-state index in [1.54, 1.807) is 34.6 Å². The summed E-state index contributed by atoms with van der Waals surface area (Å²) in [5, 5.41) is 4.78. The van der Waals surface area contributed by atoms with Crippen LogP contribution >= 0.6 is 11.3 Å². The van der Waals surface area contributed by atoms with Crippen molar-refractivity contribution in [3.63, 3.8) is 0 Å². The molecule has 4 heterocycles. The number of hydrogen-bond acceptors (Lipinski definition) is 10. The Morgan fingerprint density at radius 3 is 2.37 bits per heavy atom. The smallest absolute Gasteiger partial charge is 0.490 e. The molecule has 0 spiro atoms. The summed E-state index contributed by atoms with van der Waals surface area (Å²) in [6.07, 6.45) is -0.638. The summed E-state index contributed by atoms with van der Waals surface area (Å²) in [5.41, 5.74) is -8.03. The number of ether oxygens (including phenoxy) is 3. The number of carbonyl (C=O) groups is 1. The average molecular weight is 737 g/mol. The van der Waals surface area contributed by atoms with Crippen LogP contribution in [-0.2, 0) is 19.6 Å². The van der Waals surface area contributed by atoms with Crippen LogP contribution in [0.15, 0.2) is 23.6 Å². The van der Waals surface area contributed by atoms with Gasteiger partial charge in [-0.25, -0.2) is 22.9 Å². The van der Waals surface area contributed by atoms with Crippen LogP contribution in [0.1, 0.15) is 52.4 Å². The first-order chi connectivity index (χ1) is 22.7. The summed E-state index contributed by atoms with van der Waals surface area (Å²) in [4.78, 5) is 18.6. The molecule has 49 heavy (non-hydrogen) atoms. The van der Waals surface area contributed by atoms with Crippen molar-refractivity contribution in [2.45, 2.75) is 57.8 Å². The van der Waals surface area contributed by atoms with E-state index < -0.39 is 95.4 Å². The van der Waals surface area contributed by atoms with E-state index in [0.717, 1.165) is 11.4 Å². The number of halogens is 6. The zero-order valence-corrected chi connectivity index (χ0v) is 28.4. The topological polar surface area (TPSA) is 122 Å². The van der Waals surface area contributed by atoms with Gasteiger partial charge >= 0.3 is 21.7 Å². The molecule has 4 aromatic rings. The maximum Gasteiger partial charge on any atom is 0.534 e. The van der Waals surface area contributed by atoms with Gasteiger partial charge in [0.2, 0.25) is 0 Å². The molecule has 0 N–H and O–H groups in total. The molecule has 1 aliphatic heterocycles. The van der Waals surface area contributed by atoms with E-state index in [1.807, 2.05) is 0 Å². The number of hydrogen-bond donors (Lipinski definition) is 0. The van der Waals surface area contributed by atoms with Crippen molar-refractivity contribution < 1.29 is 57.9 Å². The van der Waals surface area contributed by atoms with Gasteiger partial charge in [-0.05, 0) is 40.7 Å². The van der Waals surface area contributed by atoms with Gasteiger partial charge < -0.3 is 18.4 Å². The standard InChI is InChI=1S/C30H30F6N4O7S2/c1-14-12-39(28(41)46-29(3,4)5)15(2)20-11-19(38-40(14)20)25-24(22-17(32)9-16(31)10-21(22)45-8-7-44-6)23-18(33)13-48-26(23)27(37-25)47-49(42,43)30(34,35)36/h9-11,13-15H,7-8,12H2,1-6H3/t14-,15+/m0/s1. The first-order valence-electron chi connectivity index (χ1n) is 14.6. The number of rotatable bonds is 8. The normalized spacial score (nSPS) is 16.9. The lowest BCUT2D eigenvalue weighted by Gasteiger charge is -2.38. The maximum atomic E-state index is 15.9. The summed E-state index contributed by atoms with van der Waals surface area (Å²) in [7, 11) is -4.97. The van der Waals surface area contributed by atoms with Gasteiger partial charge in [-0.2, -0.15) is 26.7 Å². The predicted molar refractivity (Wildman–Crippen MR) is 165 cm³/mol. The molecule has 19 heteroatoms. The van der Waals surface area contributed by atoms with Crippen LogP contribution in [0.5, 0.6) is 11.6 Å². The largest absolute Gasteiger partial charge is 0.534 e. The summed E-state index contributed by atoms with van der Waals surface area (Å²) >= 11 is 0.442. The Labute approximate surface area is 280 Å². The summed E-state index contributed by atoms with van der Waals surface area (Å²) in [6, 6.07) is 1.46. The van der Waals surface area contributed by atoms with Gasteiger partial charge in [-0.3, -0.25) is 9.58 Å². The number of thiophene rings is 1. The van der Waals surface area contributed by atoms with Crippen LogP contribution in [0.2, 0.25) is 0 Å². The summed E-state index contributed by atoms with van der Waals surface area (Å²) < 4.78 is 132. The highest BCUT2D eigenvalue weighted by molar-refractivity contribution is 7.88. The van der Waals surface area contributed by atoms with Gasteiger partial charge in [0.15, 0.2) is 0 Å². The number of nitrogens with zero attached hydrogens (tertiary/aromatic N) is 4. The number of amides is 1. The Kier molecular flexibility index (Phi) is 9.58. The third-order valence-corrected chi connectivity index (χ3v) is 9.22. The summed E-state index contributed by atoms with van der Waals surface area (Å²) in [5.74, 6) is -5.04. The lowest BCUT2D eigenvalue weighted by atomic mass is 9.96. The van der Waals surface area contributed by atoms with Crippen molar-refractivity contribution in [3.8, 4) is 34.1 Å². The highest BCUT2D eigenvalue weighted by Gasteiger charge is 2.49. The molecule has 1 amide bonds. The van der Waals surface area contributed by atoms with Crippen molar-refractivity contribution in [2.75, 3.05) is 26.9 Å². The molecule has 2 atom stereocenters. The van der Waals surface area contributed by atoms with Crippen molar-refractivity contribution in [2.24, 2.45) is 0 Å². The predicted octanol–water partition coefficient (Wildman–Crippen LogP) is 7.37. The Bertz CT molecular complexity index is 2030. The van der Waals surface area contributed by atoms with E-state index in [4.69, 9.17) is 14.2 Å². The molecular weight excluding hydrogens is 706 g/mol. The average Bonchev–Trinajstić information content (AvgIpc) is 3.59. The second-order valence-corrected chi connectivity index (χ2v) is 14.5. The van der Waals surface area contributed by atoms with Gasteiger partial charge in [0.25, 0.3) is 5.88 Å². The highest BCUT2D eigenvalue weighted by Crippen LogP contribution is 2.49. The van der Waals surface area contributed by atoms with Gasteiger partial charge in [0.05, 0.1) is 29.9 Å². The fourth-order valence-corrected chi connectivity index (χ4v) is 6.57. The van der Waals surface area contributed by atoms with Crippen molar-refractivity contribution in [1.82, 2.24) is 19.7 Å². The minimum Gasteiger partial charge on any atom is -0.490 e. The molecule has 266 valence electrons. The molecule has 0 aliphatic carbocycles. The van der Waals surface area contributed by atoms with Crippen LogP contribution in [0, 0.1) is 17.5 Å². The van der Waals surface area contributed by atoms with E-state index in [2.05, 4.69) is 14.3 Å². The second-order valence-electron chi connectivity index (χ2n) is 12.1. The molecule has 3 aromatic heterocycles. The van der Waals surface area contributed by atoms with E-state index in [0.29, 0.717) is 23.1 Å². The number of carbonyl (C=O) groups excluding carboxylic acids is 1. The first-order valence-corrected chi connectivity index (χ1v) is 16.8. The zero-order valence-electron chi connectivity index (χ0n) is 26.8. The number of benzene rings is 1. The zero-order chi connectivity index (χ0) is 36.2. The van der Waals surface area contributed by atoms with Crippen molar-refractivity contribution in [3.05, 3.63) is 46.7 Å². The molecule has 1 aromatic carbocycles. The van der Waals surface area contributed by atoms with Gasteiger partial charge in [0, 0.05) is 42.1 Å². The van der Waals surface area contributed by atoms with Crippen LogP contribution in [0.4, 0.5) is 31.1 Å². The fraction of sp³-hybridized carbons (Fsp3) is 0.433. The molecule has 11 nitrogen and oxygen atoms in total. The fourth-order valence-electron chi connectivity index (χ4n) is 5.25. The third-order valence-electron chi connectivity index (χ3n) is 7.34. The van der Waals surface area contributed by atoms with Gasteiger partial charge in [-0.1, -0.05) is 0 Å².